The van der Waals surface area contributed by atoms with E-state index in [4.69, 9.17) is 14.2 Å². The van der Waals surface area contributed by atoms with E-state index in [1.165, 1.54) is 6.08 Å². The smallest absolute Gasteiger partial charge is 0.335 e. The van der Waals surface area contributed by atoms with Crippen LogP contribution >= 0.6 is 0 Å². The fourth-order valence-electron chi connectivity index (χ4n) is 5.28. The Labute approximate surface area is 266 Å². The summed E-state index contributed by atoms with van der Waals surface area (Å²) in [6.07, 6.45) is 1.44. The number of nitrogens with one attached hydrogen (secondary N) is 1. The summed E-state index contributed by atoms with van der Waals surface area (Å²) in [5, 5.41) is 4.53. The lowest BCUT2D eigenvalue weighted by atomic mass is 10.0. The molecule has 1 saturated heterocycles. The number of urea groups is 1. The molecule has 230 valence electrons. The van der Waals surface area contributed by atoms with Gasteiger partial charge in [0, 0.05) is 5.56 Å². The summed E-state index contributed by atoms with van der Waals surface area (Å²) >= 11 is 0. The van der Waals surface area contributed by atoms with Gasteiger partial charge < -0.3 is 14.2 Å². The highest BCUT2D eigenvalue weighted by Gasteiger charge is 2.36. The number of carbonyl (C=O) groups excluding carboxylic acids is 3. The summed E-state index contributed by atoms with van der Waals surface area (Å²) in [4.78, 5) is 40.0. The van der Waals surface area contributed by atoms with Gasteiger partial charge in [0.15, 0.2) is 11.5 Å². The topological polar surface area (TPSA) is 94.2 Å². The molecule has 8 heteroatoms. The molecule has 0 atom stereocenters. The lowest BCUT2D eigenvalue weighted by molar-refractivity contribution is -0.122. The Morgan fingerprint density at radius 1 is 0.739 bits per heavy atom. The van der Waals surface area contributed by atoms with Crippen LogP contribution in [0.2, 0.25) is 0 Å². The molecule has 0 aromatic heterocycles. The second kappa shape index (κ2) is 13.4. The highest BCUT2D eigenvalue weighted by Crippen LogP contribution is 2.32. The predicted octanol–water partition coefficient (Wildman–Crippen LogP) is 7.37. The Morgan fingerprint density at radius 3 is 2.28 bits per heavy atom. The first-order chi connectivity index (χ1) is 22.4. The normalized spacial score (nSPS) is 14.0. The minimum absolute atomic E-state index is 0.188. The van der Waals surface area contributed by atoms with E-state index in [0.29, 0.717) is 48.3 Å². The van der Waals surface area contributed by atoms with Crippen LogP contribution in [0, 0.1) is 6.92 Å². The molecule has 4 amide bonds. The largest absolute Gasteiger partial charge is 0.490 e. The molecule has 1 aliphatic heterocycles. The number of barbiturate groups is 1. The van der Waals surface area contributed by atoms with Gasteiger partial charge in [0.05, 0.1) is 12.3 Å². The quantitative estimate of drug-likeness (QED) is 0.131. The van der Waals surface area contributed by atoms with Crippen LogP contribution in [-0.4, -0.2) is 24.5 Å². The zero-order valence-electron chi connectivity index (χ0n) is 25.5. The van der Waals surface area contributed by atoms with Crippen LogP contribution in [0.25, 0.3) is 16.8 Å². The zero-order valence-corrected chi connectivity index (χ0v) is 25.5. The first kappa shape index (κ1) is 30.1. The van der Waals surface area contributed by atoms with Gasteiger partial charge in [-0.2, -0.15) is 0 Å². The molecule has 5 aromatic carbocycles. The van der Waals surface area contributed by atoms with E-state index < -0.39 is 17.8 Å². The Bertz CT molecular complexity index is 1950. The van der Waals surface area contributed by atoms with Crippen LogP contribution in [0.15, 0.2) is 115 Å². The number of aryl methyl sites for hydroxylation is 1. The number of hydrogen-bond donors (Lipinski definition) is 1. The van der Waals surface area contributed by atoms with Crippen LogP contribution in [0.5, 0.6) is 17.2 Å². The van der Waals surface area contributed by atoms with Gasteiger partial charge >= 0.3 is 6.03 Å². The summed E-state index contributed by atoms with van der Waals surface area (Å²) < 4.78 is 17.9. The molecule has 1 fully saturated rings. The average Bonchev–Trinajstić information content (AvgIpc) is 3.07. The molecule has 1 aliphatic rings. The number of fused-ring (bicyclic) bond motifs is 1. The first-order valence-electron chi connectivity index (χ1n) is 15.0. The summed E-state index contributed by atoms with van der Waals surface area (Å²) in [6, 6.07) is 33.0. The molecule has 0 bridgehead atoms. The van der Waals surface area contributed by atoms with Gasteiger partial charge in [-0.1, -0.05) is 72.8 Å². The molecule has 8 nitrogen and oxygen atoms in total. The molecular weight excluding hydrogens is 580 g/mol. The number of hydrogen-bond acceptors (Lipinski definition) is 6. The average molecular weight is 613 g/mol. The van der Waals surface area contributed by atoms with Crippen molar-refractivity contribution in [2.75, 3.05) is 11.5 Å². The maximum Gasteiger partial charge on any atom is 0.335 e. The maximum atomic E-state index is 13.5. The van der Waals surface area contributed by atoms with Crippen molar-refractivity contribution < 1.29 is 28.6 Å². The van der Waals surface area contributed by atoms with E-state index in [2.05, 4.69) is 36.5 Å². The molecule has 1 heterocycles. The number of amides is 4. The summed E-state index contributed by atoms with van der Waals surface area (Å²) in [7, 11) is 0. The highest BCUT2D eigenvalue weighted by atomic mass is 16.5. The number of anilines is 1. The third-order valence-corrected chi connectivity index (χ3v) is 7.67. The number of nitrogens with zero attached hydrogens (tertiary/aromatic N) is 1. The monoisotopic (exact) mass is 612 g/mol. The minimum Gasteiger partial charge on any atom is -0.490 e. The van der Waals surface area contributed by atoms with Crippen molar-refractivity contribution in [3.63, 3.8) is 0 Å². The van der Waals surface area contributed by atoms with E-state index in [-0.39, 0.29) is 5.57 Å². The van der Waals surface area contributed by atoms with Crippen molar-refractivity contribution in [1.29, 1.82) is 0 Å². The Kier molecular flexibility index (Phi) is 8.78. The van der Waals surface area contributed by atoms with Gasteiger partial charge in [-0.15, -0.1) is 0 Å². The Hall–Kier alpha value is -5.89. The molecule has 0 saturated carbocycles. The van der Waals surface area contributed by atoms with Gasteiger partial charge in [0.1, 0.15) is 24.5 Å². The van der Waals surface area contributed by atoms with Gasteiger partial charge in [-0.05, 0) is 83.8 Å². The molecule has 46 heavy (non-hydrogen) atoms. The molecule has 0 unspecified atom stereocenters. The number of imide groups is 2. The molecule has 6 rings (SSSR count). The fourth-order valence-corrected chi connectivity index (χ4v) is 5.28. The van der Waals surface area contributed by atoms with Crippen molar-refractivity contribution in [2.45, 2.75) is 27.1 Å². The second-order valence-electron chi connectivity index (χ2n) is 10.7. The van der Waals surface area contributed by atoms with Crippen LogP contribution < -0.4 is 24.4 Å². The lowest BCUT2D eigenvalue weighted by Crippen LogP contribution is -2.54. The van der Waals surface area contributed by atoms with E-state index in [1.54, 1.807) is 42.5 Å². The van der Waals surface area contributed by atoms with Gasteiger partial charge in [-0.25, -0.2) is 9.69 Å². The number of ether oxygens (including phenoxy) is 3. The van der Waals surface area contributed by atoms with Crippen molar-refractivity contribution in [2.24, 2.45) is 0 Å². The van der Waals surface area contributed by atoms with Gasteiger partial charge in [0.25, 0.3) is 11.8 Å². The molecule has 1 N–H and O–H groups in total. The molecule has 0 radical (unpaired) electrons. The van der Waals surface area contributed by atoms with Crippen molar-refractivity contribution in [3.05, 3.63) is 137 Å². The van der Waals surface area contributed by atoms with E-state index in [9.17, 15) is 14.4 Å². The number of benzene rings is 5. The van der Waals surface area contributed by atoms with E-state index in [1.807, 2.05) is 49.4 Å². The molecule has 5 aromatic rings. The lowest BCUT2D eigenvalue weighted by Gasteiger charge is -2.26. The fraction of sp³-hybridized carbons (Fsp3) is 0.132. The van der Waals surface area contributed by atoms with Gasteiger partial charge in [0.2, 0.25) is 0 Å². The Morgan fingerprint density at radius 2 is 1.50 bits per heavy atom. The molecule has 0 aliphatic carbocycles. The third kappa shape index (κ3) is 6.46. The van der Waals surface area contributed by atoms with Crippen LogP contribution in [0.1, 0.15) is 29.2 Å². The number of rotatable bonds is 10. The van der Waals surface area contributed by atoms with Crippen LogP contribution in [0.3, 0.4) is 0 Å². The van der Waals surface area contributed by atoms with Gasteiger partial charge in [-0.3, -0.25) is 14.9 Å². The maximum absolute atomic E-state index is 13.5. The summed E-state index contributed by atoms with van der Waals surface area (Å²) in [5.74, 6) is 0.0560. The Balaban J connectivity index is 1.21. The molecule has 0 spiro atoms. The molecular formula is C38H32N2O6. The third-order valence-electron chi connectivity index (χ3n) is 7.67. The van der Waals surface area contributed by atoms with E-state index in [0.717, 1.165) is 32.4 Å². The van der Waals surface area contributed by atoms with Crippen molar-refractivity contribution in [1.82, 2.24) is 5.32 Å². The van der Waals surface area contributed by atoms with Crippen molar-refractivity contribution >= 4 is 40.4 Å². The standard InChI is InChI=1S/C38H32N2O6/c1-3-44-35-22-27(14-20-34(35)46-24-33-25(2)13-15-28-11-7-8-12-31(28)33)21-32-36(41)39-38(43)40(37(32)42)29-16-18-30(19-17-29)45-23-26-9-5-4-6-10-26/h4-22H,3,23-24H2,1-2H3,(H,39,41,43)/b32-21+. The van der Waals surface area contributed by atoms with Crippen LogP contribution in [0.4, 0.5) is 10.5 Å². The van der Waals surface area contributed by atoms with Crippen LogP contribution in [-0.2, 0) is 22.8 Å². The summed E-state index contributed by atoms with van der Waals surface area (Å²) in [6.45, 7) is 5.01. The van der Waals surface area contributed by atoms with E-state index >= 15 is 0 Å². The van der Waals surface area contributed by atoms with Crippen molar-refractivity contribution in [3.8, 4) is 17.2 Å². The summed E-state index contributed by atoms with van der Waals surface area (Å²) in [5.41, 5.74) is 3.86. The second-order valence-corrected chi connectivity index (χ2v) is 10.7. The highest BCUT2D eigenvalue weighted by molar-refractivity contribution is 6.39. The minimum atomic E-state index is -0.826. The first-order valence-corrected chi connectivity index (χ1v) is 15.0. The number of carbonyl (C=O) groups is 3. The zero-order chi connectivity index (χ0) is 32.0. The predicted molar refractivity (Wildman–Crippen MR) is 177 cm³/mol. The SMILES string of the molecule is CCOc1cc(/C=C2\C(=O)NC(=O)N(c3ccc(OCc4ccccc4)cc3)C2=O)ccc1OCc1c(C)ccc2ccccc12.